The fraction of sp³-hybridized carbons (Fsp3) is 0.214. The van der Waals surface area contributed by atoms with E-state index in [-0.39, 0.29) is 0 Å². The van der Waals surface area contributed by atoms with Gasteiger partial charge in [-0.15, -0.1) is 0 Å². The number of aromatic nitrogens is 1. The number of pyridine rings is 1. The lowest BCUT2D eigenvalue weighted by molar-refractivity contribution is 0.993. The van der Waals surface area contributed by atoms with Crippen LogP contribution in [0, 0.1) is 13.8 Å². The molecule has 0 aliphatic rings. The van der Waals surface area contributed by atoms with Crippen molar-refractivity contribution < 1.29 is 0 Å². The van der Waals surface area contributed by atoms with Crippen LogP contribution < -0.4 is 5.73 Å². The maximum atomic E-state index is 5.60. The van der Waals surface area contributed by atoms with Gasteiger partial charge < -0.3 is 5.73 Å². The maximum Gasteiger partial charge on any atom is 0.0708 e. The SMILES string of the molecule is Cc1ccc(-c2cccc(CN)n2)c(C)c1. The summed E-state index contributed by atoms with van der Waals surface area (Å²) in [6.07, 6.45) is 0. The third-order valence-electron chi connectivity index (χ3n) is 2.67. The number of benzene rings is 1. The van der Waals surface area contributed by atoms with Crippen molar-refractivity contribution in [2.75, 3.05) is 0 Å². The summed E-state index contributed by atoms with van der Waals surface area (Å²) < 4.78 is 0. The minimum atomic E-state index is 0.485. The molecule has 0 spiro atoms. The van der Waals surface area contributed by atoms with Crippen LogP contribution in [0.3, 0.4) is 0 Å². The summed E-state index contributed by atoms with van der Waals surface area (Å²) >= 11 is 0. The van der Waals surface area contributed by atoms with Crippen molar-refractivity contribution in [2.45, 2.75) is 20.4 Å². The maximum absolute atomic E-state index is 5.60. The van der Waals surface area contributed by atoms with Crippen LogP contribution in [0.15, 0.2) is 36.4 Å². The molecule has 0 radical (unpaired) electrons. The number of aryl methyl sites for hydroxylation is 2. The average Bonchev–Trinajstić information content (AvgIpc) is 2.29. The molecule has 1 heterocycles. The molecule has 2 N–H and O–H groups in total. The van der Waals surface area contributed by atoms with Gasteiger partial charge in [0, 0.05) is 12.1 Å². The van der Waals surface area contributed by atoms with Gasteiger partial charge in [0.2, 0.25) is 0 Å². The minimum absolute atomic E-state index is 0.485. The van der Waals surface area contributed by atoms with Crippen molar-refractivity contribution in [3.05, 3.63) is 53.2 Å². The molecule has 0 unspecified atom stereocenters. The van der Waals surface area contributed by atoms with E-state index >= 15 is 0 Å². The van der Waals surface area contributed by atoms with Crippen LogP contribution in [0.2, 0.25) is 0 Å². The second-order valence-corrected chi connectivity index (χ2v) is 4.04. The summed E-state index contributed by atoms with van der Waals surface area (Å²) in [6.45, 7) is 4.69. The van der Waals surface area contributed by atoms with Crippen molar-refractivity contribution in [3.8, 4) is 11.3 Å². The Kier molecular flexibility index (Phi) is 3.02. The minimum Gasteiger partial charge on any atom is -0.325 e. The molecule has 0 aliphatic carbocycles. The van der Waals surface area contributed by atoms with Crippen molar-refractivity contribution in [2.24, 2.45) is 5.73 Å². The van der Waals surface area contributed by atoms with Crippen molar-refractivity contribution in [3.63, 3.8) is 0 Å². The van der Waals surface area contributed by atoms with Crippen LogP contribution >= 0.6 is 0 Å². The second kappa shape index (κ2) is 4.45. The first kappa shape index (κ1) is 10.8. The fourth-order valence-corrected chi connectivity index (χ4v) is 1.84. The van der Waals surface area contributed by atoms with E-state index in [2.05, 4.69) is 37.0 Å². The van der Waals surface area contributed by atoms with Gasteiger partial charge in [0.25, 0.3) is 0 Å². The number of nitrogens with zero attached hydrogens (tertiary/aromatic N) is 1. The molecule has 2 heteroatoms. The highest BCUT2D eigenvalue weighted by molar-refractivity contribution is 5.63. The van der Waals surface area contributed by atoms with E-state index in [1.54, 1.807) is 0 Å². The third-order valence-corrected chi connectivity index (χ3v) is 2.67. The molecule has 16 heavy (non-hydrogen) atoms. The Balaban J connectivity index is 2.49. The molecule has 0 aliphatic heterocycles. The molecule has 1 aromatic heterocycles. The van der Waals surface area contributed by atoms with Crippen LogP contribution in [0.25, 0.3) is 11.3 Å². The van der Waals surface area contributed by atoms with E-state index in [0.717, 1.165) is 11.4 Å². The highest BCUT2D eigenvalue weighted by Crippen LogP contribution is 2.22. The summed E-state index contributed by atoms with van der Waals surface area (Å²) in [4.78, 5) is 4.53. The van der Waals surface area contributed by atoms with Gasteiger partial charge in [-0.2, -0.15) is 0 Å². The lowest BCUT2D eigenvalue weighted by Crippen LogP contribution is -2.00. The van der Waals surface area contributed by atoms with E-state index in [1.807, 2.05) is 18.2 Å². The number of hydrogen-bond acceptors (Lipinski definition) is 2. The Morgan fingerprint density at radius 2 is 1.94 bits per heavy atom. The average molecular weight is 212 g/mol. The zero-order chi connectivity index (χ0) is 11.5. The van der Waals surface area contributed by atoms with Crippen LogP contribution in [-0.2, 0) is 6.54 Å². The zero-order valence-electron chi connectivity index (χ0n) is 9.70. The molecule has 0 amide bonds. The first-order valence-electron chi connectivity index (χ1n) is 5.44. The van der Waals surface area contributed by atoms with Gasteiger partial charge in [-0.25, -0.2) is 0 Å². The van der Waals surface area contributed by atoms with Crippen molar-refractivity contribution >= 4 is 0 Å². The second-order valence-electron chi connectivity index (χ2n) is 4.04. The summed E-state index contributed by atoms with van der Waals surface area (Å²) in [5, 5.41) is 0. The van der Waals surface area contributed by atoms with Gasteiger partial charge in [-0.1, -0.05) is 29.8 Å². The topological polar surface area (TPSA) is 38.9 Å². The van der Waals surface area contributed by atoms with Crippen LogP contribution in [0.4, 0.5) is 0 Å². The van der Waals surface area contributed by atoms with Crippen LogP contribution in [-0.4, -0.2) is 4.98 Å². The highest BCUT2D eigenvalue weighted by atomic mass is 14.7. The Hall–Kier alpha value is -1.67. The Morgan fingerprint density at radius 1 is 1.12 bits per heavy atom. The predicted octanol–water partition coefficient (Wildman–Crippen LogP) is 2.82. The lowest BCUT2D eigenvalue weighted by atomic mass is 10.0. The van der Waals surface area contributed by atoms with E-state index in [4.69, 9.17) is 5.73 Å². The van der Waals surface area contributed by atoms with Crippen molar-refractivity contribution in [1.82, 2.24) is 4.98 Å². The van der Waals surface area contributed by atoms with Gasteiger partial charge in [0.15, 0.2) is 0 Å². The Bertz CT molecular complexity index is 504. The van der Waals surface area contributed by atoms with Crippen LogP contribution in [0.1, 0.15) is 16.8 Å². The quantitative estimate of drug-likeness (QED) is 0.831. The molecular formula is C14H16N2. The number of hydrogen-bond donors (Lipinski definition) is 1. The molecule has 2 nitrogen and oxygen atoms in total. The number of rotatable bonds is 2. The molecule has 1 aromatic carbocycles. The van der Waals surface area contributed by atoms with Gasteiger partial charge in [-0.3, -0.25) is 4.98 Å². The Morgan fingerprint density at radius 3 is 2.62 bits per heavy atom. The molecular weight excluding hydrogens is 196 g/mol. The van der Waals surface area contributed by atoms with E-state index in [9.17, 15) is 0 Å². The van der Waals surface area contributed by atoms with Gasteiger partial charge in [-0.05, 0) is 31.5 Å². The van der Waals surface area contributed by atoms with E-state index in [1.165, 1.54) is 16.7 Å². The summed E-state index contributed by atoms with van der Waals surface area (Å²) in [6, 6.07) is 12.4. The Labute approximate surface area is 96.1 Å². The summed E-state index contributed by atoms with van der Waals surface area (Å²) in [5.41, 5.74) is 11.2. The van der Waals surface area contributed by atoms with Gasteiger partial charge in [0.05, 0.1) is 11.4 Å². The molecule has 0 fully saturated rings. The third kappa shape index (κ3) is 2.12. The zero-order valence-corrected chi connectivity index (χ0v) is 9.70. The molecule has 2 rings (SSSR count). The van der Waals surface area contributed by atoms with Crippen molar-refractivity contribution in [1.29, 1.82) is 0 Å². The molecule has 0 saturated carbocycles. The van der Waals surface area contributed by atoms with E-state index < -0.39 is 0 Å². The van der Waals surface area contributed by atoms with E-state index in [0.29, 0.717) is 6.54 Å². The molecule has 82 valence electrons. The molecule has 0 atom stereocenters. The standard InChI is InChI=1S/C14H16N2/c1-10-6-7-13(11(2)8-10)14-5-3-4-12(9-15)16-14/h3-8H,9,15H2,1-2H3. The predicted molar refractivity (Wildman–Crippen MR) is 67.0 cm³/mol. The molecule has 0 bridgehead atoms. The van der Waals surface area contributed by atoms with Gasteiger partial charge in [0.1, 0.15) is 0 Å². The summed E-state index contributed by atoms with van der Waals surface area (Å²) in [5.74, 6) is 0. The first-order valence-corrected chi connectivity index (χ1v) is 5.44. The lowest BCUT2D eigenvalue weighted by Gasteiger charge is -2.07. The largest absolute Gasteiger partial charge is 0.325 e. The monoisotopic (exact) mass is 212 g/mol. The molecule has 2 aromatic rings. The van der Waals surface area contributed by atoms with Gasteiger partial charge >= 0.3 is 0 Å². The normalized spacial score (nSPS) is 10.4. The smallest absolute Gasteiger partial charge is 0.0708 e. The van der Waals surface area contributed by atoms with Crippen LogP contribution in [0.5, 0.6) is 0 Å². The molecule has 0 saturated heterocycles. The summed E-state index contributed by atoms with van der Waals surface area (Å²) in [7, 11) is 0. The first-order chi connectivity index (χ1) is 7.70. The highest BCUT2D eigenvalue weighted by Gasteiger charge is 2.03. The fourth-order valence-electron chi connectivity index (χ4n) is 1.84. The number of nitrogens with two attached hydrogens (primary N) is 1.